The van der Waals surface area contributed by atoms with Crippen LogP contribution in [-0.2, 0) is 28.5 Å². The number of hydrogen-bond donors (Lipinski definition) is 11. The minimum atomic E-state index is -2.27. The zero-order chi connectivity index (χ0) is 34.2. The van der Waals surface area contributed by atoms with Crippen molar-refractivity contribution in [2.45, 2.75) is 150 Å². The summed E-state index contributed by atoms with van der Waals surface area (Å²) in [7, 11) is 0. The van der Waals surface area contributed by atoms with Crippen LogP contribution in [0.2, 0.25) is 0 Å². The SMILES string of the molecule is CCCCCCCCCN[C@H]1[C@H](OC2[C@@H](CO)O[C@@H](O)[C@H](N)[C@H]2O)O[C@H](CO)C(O[C@H]2O[C@@](CO)(C(C)=O)[C@@H](O)[C@H](O)[C@H]2N)[C@@H]1O. The lowest BCUT2D eigenvalue weighted by Gasteiger charge is -2.51. The lowest BCUT2D eigenvalue weighted by molar-refractivity contribution is -0.357. The maximum Gasteiger partial charge on any atom is 0.180 e. The Morgan fingerprint density at radius 1 is 0.783 bits per heavy atom. The number of nitrogens with two attached hydrogens (primary N) is 2. The van der Waals surface area contributed by atoms with Gasteiger partial charge in [0.15, 0.2) is 30.3 Å². The first-order chi connectivity index (χ1) is 21.9. The molecule has 0 spiro atoms. The Labute approximate surface area is 268 Å². The van der Waals surface area contributed by atoms with Gasteiger partial charge in [0.25, 0.3) is 0 Å². The van der Waals surface area contributed by atoms with Gasteiger partial charge in [-0.1, -0.05) is 45.4 Å². The summed E-state index contributed by atoms with van der Waals surface area (Å²) < 4.78 is 29.0. The van der Waals surface area contributed by atoms with Crippen LogP contribution >= 0.6 is 0 Å². The van der Waals surface area contributed by atoms with Crippen molar-refractivity contribution >= 4 is 5.78 Å². The van der Waals surface area contributed by atoms with Crippen molar-refractivity contribution in [2.24, 2.45) is 11.5 Å². The molecule has 3 heterocycles. The Morgan fingerprint density at radius 2 is 1.35 bits per heavy atom. The van der Waals surface area contributed by atoms with Crippen molar-refractivity contribution in [3.63, 3.8) is 0 Å². The van der Waals surface area contributed by atoms with Gasteiger partial charge in [-0.25, -0.2) is 0 Å². The number of rotatable bonds is 17. The van der Waals surface area contributed by atoms with Crippen LogP contribution in [0.4, 0.5) is 0 Å². The molecule has 13 N–H and O–H groups in total. The van der Waals surface area contributed by atoms with Gasteiger partial charge in [-0.05, 0) is 19.9 Å². The van der Waals surface area contributed by atoms with E-state index in [1.54, 1.807) is 0 Å². The molecule has 2 unspecified atom stereocenters. The predicted octanol–water partition coefficient (Wildman–Crippen LogP) is -4.33. The van der Waals surface area contributed by atoms with Gasteiger partial charge in [-0.2, -0.15) is 0 Å². The van der Waals surface area contributed by atoms with E-state index in [1.165, 1.54) is 6.42 Å². The molecule has 0 saturated carbocycles. The number of hydrogen-bond acceptors (Lipinski definition) is 17. The summed E-state index contributed by atoms with van der Waals surface area (Å²) in [6.45, 7) is 1.19. The van der Waals surface area contributed by atoms with Gasteiger partial charge in [0.1, 0.15) is 48.8 Å². The number of ketones is 1. The topological polar surface area (TPSA) is 289 Å². The molecule has 0 radical (unpaired) electrons. The molecule has 3 saturated heterocycles. The van der Waals surface area contributed by atoms with Crippen molar-refractivity contribution in [3.8, 4) is 0 Å². The van der Waals surface area contributed by atoms with Gasteiger partial charge in [-0.15, -0.1) is 0 Å². The molecule has 0 bridgehead atoms. The minimum Gasteiger partial charge on any atom is -0.394 e. The highest BCUT2D eigenvalue weighted by Gasteiger charge is 2.58. The van der Waals surface area contributed by atoms with E-state index in [9.17, 15) is 45.6 Å². The van der Waals surface area contributed by atoms with Gasteiger partial charge >= 0.3 is 0 Å². The molecule has 0 amide bonds. The molecule has 3 rings (SSSR count). The minimum absolute atomic E-state index is 0.392. The molecule has 270 valence electrons. The maximum atomic E-state index is 12.4. The van der Waals surface area contributed by atoms with Crippen LogP contribution < -0.4 is 16.8 Å². The first-order valence-corrected chi connectivity index (χ1v) is 16.2. The summed E-state index contributed by atoms with van der Waals surface area (Å²) in [5.74, 6) is -0.807. The fourth-order valence-electron chi connectivity index (χ4n) is 6.15. The van der Waals surface area contributed by atoms with Crippen LogP contribution in [0.5, 0.6) is 0 Å². The zero-order valence-electron chi connectivity index (χ0n) is 26.5. The highest BCUT2D eigenvalue weighted by molar-refractivity contribution is 5.86. The number of Topliss-reactive ketones (excluding diaryl/α,β-unsaturated/α-hetero) is 1. The molecule has 3 fully saturated rings. The number of nitrogens with one attached hydrogen (secondary N) is 1. The van der Waals surface area contributed by atoms with Gasteiger partial charge in [0.05, 0.1) is 37.9 Å². The molecular formula is C29H55N3O14. The third kappa shape index (κ3) is 8.78. The van der Waals surface area contributed by atoms with Gasteiger partial charge in [-0.3, -0.25) is 4.79 Å². The zero-order valence-corrected chi connectivity index (χ0v) is 26.5. The fraction of sp³-hybridized carbons (Fsp3) is 0.966. The van der Waals surface area contributed by atoms with Crippen molar-refractivity contribution in [1.29, 1.82) is 0 Å². The maximum absolute atomic E-state index is 12.4. The lowest BCUT2D eigenvalue weighted by atomic mass is 9.83. The lowest BCUT2D eigenvalue weighted by Crippen LogP contribution is -2.73. The van der Waals surface area contributed by atoms with E-state index >= 15 is 0 Å². The summed E-state index contributed by atoms with van der Waals surface area (Å²) in [4.78, 5) is 12.4. The van der Waals surface area contributed by atoms with Crippen molar-refractivity contribution in [2.75, 3.05) is 26.4 Å². The number of aliphatic hydroxyl groups is 8. The predicted molar refractivity (Wildman–Crippen MR) is 159 cm³/mol. The number of carbonyl (C=O) groups excluding carboxylic acids is 1. The highest BCUT2D eigenvalue weighted by atomic mass is 16.7. The third-order valence-corrected chi connectivity index (χ3v) is 9.18. The van der Waals surface area contributed by atoms with Crippen LogP contribution in [0.3, 0.4) is 0 Å². The number of ether oxygens (including phenoxy) is 5. The van der Waals surface area contributed by atoms with Crippen molar-refractivity contribution in [3.05, 3.63) is 0 Å². The molecule has 17 heteroatoms. The third-order valence-electron chi connectivity index (χ3n) is 9.18. The summed E-state index contributed by atoms with van der Waals surface area (Å²) in [5, 5.41) is 86.9. The summed E-state index contributed by atoms with van der Waals surface area (Å²) in [5.41, 5.74) is 9.67. The van der Waals surface area contributed by atoms with E-state index in [4.69, 9.17) is 35.2 Å². The Morgan fingerprint density at radius 3 is 1.93 bits per heavy atom. The summed E-state index contributed by atoms with van der Waals surface area (Å²) >= 11 is 0. The Balaban J connectivity index is 1.83. The van der Waals surface area contributed by atoms with E-state index in [0.717, 1.165) is 45.4 Å². The molecule has 0 aromatic heterocycles. The molecule has 3 aliphatic heterocycles. The van der Waals surface area contributed by atoms with Crippen molar-refractivity contribution in [1.82, 2.24) is 5.32 Å². The average Bonchev–Trinajstić information content (AvgIpc) is 3.04. The van der Waals surface area contributed by atoms with E-state index in [-0.39, 0.29) is 0 Å². The standard InChI is InChI=1S/C29H55N3O14/c1-3-4-5-6-7-8-9-10-32-19-22(39)24(44-27-18(31)21(38)25(40)29(13-35,46-27)14(2)36)16(12-34)43-28(19)45-23-15(11-33)42-26(41)17(30)20(23)37/h15-28,32-35,37-41H,3-13,30-31H2,1-2H3/t15-,16-,17-,18-,19-,20-,21-,22-,23?,24?,25+,26-,27+,28+,29+/m1/s1. The van der Waals surface area contributed by atoms with E-state index in [0.29, 0.717) is 6.54 Å². The first kappa shape index (κ1) is 39.5. The molecule has 0 aromatic carbocycles. The Bertz CT molecular complexity index is 922. The number of carbonyl (C=O) groups is 1. The van der Waals surface area contributed by atoms with E-state index in [2.05, 4.69) is 12.2 Å². The van der Waals surface area contributed by atoms with Gasteiger partial charge in [0.2, 0.25) is 0 Å². The molecular weight excluding hydrogens is 614 g/mol. The van der Waals surface area contributed by atoms with Crippen LogP contribution in [-0.4, -0.2) is 164 Å². The van der Waals surface area contributed by atoms with E-state index in [1.807, 2.05) is 0 Å². The fourth-order valence-corrected chi connectivity index (χ4v) is 6.15. The van der Waals surface area contributed by atoms with Crippen LogP contribution in [0.1, 0.15) is 58.8 Å². The molecule has 0 aromatic rings. The first-order valence-electron chi connectivity index (χ1n) is 16.2. The van der Waals surface area contributed by atoms with Crippen LogP contribution in [0.15, 0.2) is 0 Å². The summed E-state index contributed by atoms with van der Waals surface area (Å²) in [6.07, 6.45) is -9.39. The van der Waals surface area contributed by atoms with Crippen LogP contribution in [0.25, 0.3) is 0 Å². The van der Waals surface area contributed by atoms with E-state index < -0.39 is 117 Å². The smallest absolute Gasteiger partial charge is 0.180 e. The Hall–Kier alpha value is -0.970. The monoisotopic (exact) mass is 669 g/mol. The molecule has 15 atom stereocenters. The molecule has 17 nitrogen and oxygen atoms in total. The molecule has 46 heavy (non-hydrogen) atoms. The number of unbranched alkanes of at least 4 members (excludes halogenated alkanes) is 6. The quantitative estimate of drug-likeness (QED) is 0.0653. The van der Waals surface area contributed by atoms with Crippen LogP contribution in [0, 0.1) is 0 Å². The largest absolute Gasteiger partial charge is 0.394 e. The molecule has 0 aliphatic carbocycles. The second kappa shape index (κ2) is 18.1. The Kier molecular flexibility index (Phi) is 15.6. The van der Waals surface area contributed by atoms with Gasteiger partial charge in [0, 0.05) is 0 Å². The average molecular weight is 670 g/mol. The molecule has 3 aliphatic rings. The second-order valence-electron chi connectivity index (χ2n) is 12.4. The van der Waals surface area contributed by atoms with Gasteiger partial charge < -0.3 is 81.3 Å². The van der Waals surface area contributed by atoms with Crippen molar-refractivity contribution < 1.29 is 69.3 Å². The highest BCUT2D eigenvalue weighted by Crippen LogP contribution is 2.35. The number of aliphatic hydroxyl groups excluding tert-OH is 8. The normalized spacial score (nSPS) is 43.5. The second-order valence-corrected chi connectivity index (χ2v) is 12.4. The summed E-state index contributed by atoms with van der Waals surface area (Å²) in [6, 6.07) is -3.82.